The molecule has 0 bridgehead atoms. The largest absolute Gasteiger partial charge is 0.433 e. The molecule has 0 spiro atoms. The fourth-order valence-corrected chi connectivity index (χ4v) is 4.48. The molecule has 2 aromatic carbocycles. The lowest BCUT2D eigenvalue weighted by Crippen LogP contribution is -2.16. The summed E-state index contributed by atoms with van der Waals surface area (Å²) >= 11 is 9.57. The molecule has 3 aromatic heterocycles. The molecule has 5 rings (SSSR count). The van der Waals surface area contributed by atoms with Crippen molar-refractivity contribution < 1.29 is 18.0 Å². The Hall–Kier alpha value is -3.70. The molecule has 12 heteroatoms. The van der Waals surface area contributed by atoms with Crippen molar-refractivity contribution >= 4 is 44.9 Å². The maximum absolute atomic E-state index is 14.0. The van der Waals surface area contributed by atoms with Gasteiger partial charge in [-0.3, -0.25) is 9.48 Å². The number of fused-ring (bicyclic) bond motifs is 1. The fourth-order valence-electron chi connectivity index (χ4n) is 3.87. The third-order valence-corrected chi connectivity index (χ3v) is 6.94. The number of amides is 1. The van der Waals surface area contributed by atoms with E-state index in [0.717, 1.165) is 22.8 Å². The van der Waals surface area contributed by atoms with Crippen LogP contribution in [0.25, 0.3) is 16.9 Å². The Morgan fingerprint density at radius 2 is 1.82 bits per heavy atom. The van der Waals surface area contributed by atoms with E-state index < -0.39 is 17.8 Å². The number of anilines is 1. The molecule has 5 aromatic rings. The van der Waals surface area contributed by atoms with E-state index in [4.69, 9.17) is 11.6 Å². The Balaban J connectivity index is 1.47. The second-order valence-electron chi connectivity index (χ2n) is 8.69. The molecule has 38 heavy (non-hydrogen) atoms. The highest BCUT2D eigenvalue weighted by Crippen LogP contribution is 2.33. The third-order valence-electron chi connectivity index (χ3n) is 5.99. The summed E-state index contributed by atoms with van der Waals surface area (Å²) in [6.07, 6.45) is -3.07. The van der Waals surface area contributed by atoms with Gasteiger partial charge < -0.3 is 5.32 Å². The van der Waals surface area contributed by atoms with Gasteiger partial charge in [-0.2, -0.15) is 23.4 Å². The molecule has 0 saturated carbocycles. The van der Waals surface area contributed by atoms with Gasteiger partial charge in [-0.25, -0.2) is 9.50 Å². The normalized spacial score (nSPS) is 11.8. The number of nitrogens with one attached hydrogen (secondary N) is 1. The molecular weight excluding hydrogens is 585 g/mol. The number of rotatable bonds is 5. The number of aryl methyl sites for hydroxylation is 2. The minimum Gasteiger partial charge on any atom is -0.303 e. The molecule has 0 atom stereocenters. The minimum atomic E-state index is -4.73. The standard InChI is InChI=1S/C26H19BrClF3N6O/c1-14-7-8-16(9-15(14)2)20-10-22(26(29,30)31)37-23(32-20)11-21(34-37)25(38)33-24-18(27)13-36(35-24)12-17-5-3-4-6-19(17)28/h3-11,13H,12H2,1-2H3,(H,33,35,38). The second kappa shape index (κ2) is 9.88. The van der Waals surface area contributed by atoms with Crippen LogP contribution in [0.5, 0.6) is 0 Å². The lowest BCUT2D eigenvalue weighted by atomic mass is 10.0. The summed E-state index contributed by atoms with van der Waals surface area (Å²) in [6.45, 7) is 4.14. The van der Waals surface area contributed by atoms with Crippen molar-refractivity contribution in [2.24, 2.45) is 0 Å². The number of nitrogens with zero attached hydrogens (tertiary/aromatic N) is 5. The van der Waals surface area contributed by atoms with Gasteiger partial charge in [0.05, 0.1) is 16.7 Å². The van der Waals surface area contributed by atoms with Gasteiger partial charge in [-0.15, -0.1) is 0 Å². The molecule has 0 saturated heterocycles. The molecule has 1 N–H and O–H groups in total. The average Bonchev–Trinajstić information content (AvgIpc) is 3.44. The summed E-state index contributed by atoms with van der Waals surface area (Å²) in [5.41, 5.74) is 2.02. The summed E-state index contributed by atoms with van der Waals surface area (Å²) in [4.78, 5) is 17.3. The van der Waals surface area contributed by atoms with Crippen molar-refractivity contribution in [1.82, 2.24) is 24.4 Å². The first-order chi connectivity index (χ1) is 18.0. The second-order valence-corrected chi connectivity index (χ2v) is 9.95. The molecule has 1 amide bonds. The van der Waals surface area contributed by atoms with Crippen molar-refractivity contribution in [2.75, 3.05) is 5.32 Å². The van der Waals surface area contributed by atoms with Crippen LogP contribution in [0.2, 0.25) is 5.02 Å². The summed E-state index contributed by atoms with van der Waals surface area (Å²) in [5.74, 6) is -0.556. The Labute approximate surface area is 228 Å². The van der Waals surface area contributed by atoms with Gasteiger partial charge >= 0.3 is 6.18 Å². The first kappa shape index (κ1) is 25.9. The van der Waals surface area contributed by atoms with Crippen molar-refractivity contribution in [3.63, 3.8) is 0 Å². The van der Waals surface area contributed by atoms with E-state index in [0.29, 0.717) is 26.1 Å². The van der Waals surface area contributed by atoms with Crippen LogP contribution in [0, 0.1) is 13.8 Å². The fraction of sp³-hybridized carbons (Fsp3) is 0.154. The van der Waals surface area contributed by atoms with Gasteiger partial charge in [0, 0.05) is 22.8 Å². The number of benzene rings is 2. The predicted molar refractivity (Wildman–Crippen MR) is 141 cm³/mol. The van der Waals surface area contributed by atoms with Gasteiger partial charge in [-0.1, -0.05) is 41.9 Å². The van der Waals surface area contributed by atoms with Gasteiger partial charge in [-0.05, 0) is 64.7 Å². The Morgan fingerprint density at radius 1 is 1.05 bits per heavy atom. The number of alkyl halides is 3. The predicted octanol–water partition coefficient (Wildman–Crippen LogP) is 6.94. The Morgan fingerprint density at radius 3 is 2.53 bits per heavy atom. The number of carbonyl (C=O) groups excluding carboxylic acids is 1. The molecule has 3 heterocycles. The first-order valence-electron chi connectivity index (χ1n) is 11.3. The zero-order valence-electron chi connectivity index (χ0n) is 20.0. The maximum atomic E-state index is 14.0. The molecule has 0 aliphatic carbocycles. The van der Waals surface area contributed by atoms with Crippen LogP contribution in [0.1, 0.15) is 32.9 Å². The molecule has 0 aliphatic rings. The summed E-state index contributed by atoms with van der Waals surface area (Å²) in [5, 5.41) is 11.4. The third kappa shape index (κ3) is 5.16. The van der Waals surface area contributed by atoms with Gasteiger partial charge in [0.15, 0.2) is 22.9 Å². The smallest absolute Gasteiger partial charge is 0.303 e. The summed E-state index contributed by atoms with van der Waals surface area (Å²) in [6, 6.07) is 14.7. The van der Waals surface area contributed by atoms with Gasteiger partial charge in [0.25, 0.3) is 5.91 Å². The van der Waals surface area contributed by atoms with Crippen molar-refractivity contribution in [2.45, 2.75) is 26.6 Å². The first-order valence-corrected chi connectivity index (χ1v) is 12.5. The van der Waals surface area contributed by atoms with Gasteiger partial charge in [0.2, 0.25) is 0 Å². The van der Waals surface area contributed by atoms with Crippen LogP contribution in [0.3, 0.4) is 0 Å². The van der Waals surface area contributed by atoms with Crippen molar-refractivity contribution in [3.8, 4) is 11.3 Å². The van der Waals surface area contributed by atoms with E-state index in [-0.39, 0.29) is 22.9 Å². The molecule has 7 nitrogen and oxygen atoms in total. The van der Waals surface area contributed by atoms with Crippen LogP contribution in [0.4, 0.5) is 19.0 Å². The van der Waals surface area contributed by atoms with Crippen LogP contribution in [0.15, 0.2) is 65.3 Å². The van der Waals surface area contributed by atoms with Crippen LogP contribution in [-0.4, -0.2) is 30.3 Å². The zero-order chi connectivity index (χ0) is 27.2. The molecule has 0 aliphatic heterocycles. The van der Waals surface area contributed by atoms with E-state index in [9.17, 15) is 18.0 Å². The van der Waals surface area contributed by atoms with Crippen molar-refractivity contribution in [1.29, 1.82) is 0 Å². The molecule has 194 valence electrons. The van der Waals surface area contributed by atoms with E-state index in [1.807, 2.05) is 38.1 Å². The number of hydrogen-bond acceptors (Lipinski definition) is 4. The summed E-state index contributed by atoms with van der Waals surface area (Å²) in [7, 11) is 0. The van der Waals surface area contributed by atoms with E-state index >= 15 is 0 Å². The molecule has 0 fully saturated rings. The average molecular weight is 604 g/mol. The monoisotopic (exact) mass is 602 g/mol. The number of halogens is 5. The molecule has 0 unspecified atom stereocenters. The number of carbonyl (C=O) groups is 1. The topological polar surface area (TPSA) is 77.1 Å². The molecule has 0 radical (unpaired) electrons. The van der Waals surface area contributed by atoms with Crippen LogP contribution >= 0.6 is 27.5 Å². The minimum absolute atomic E-state index is 0.110. The quantitative estimate of drug-likeness (QED) is 0.236. The Bertz CT molecular complexity index is 1690. The number of aromatic nitrogens is 5. The van der Waals surface area contributed by atoms with Gasteiger partial charge in [0.1, 0.15) is 0 Å². The van der Waals surface area contributed by atoms with Crippen molar-refractivity contribution in [3.05, 3.63) is 98.4 Å². The summed E-state index contributed by atoms with van der Waals surface area (Å²) < 4.78 is 44.6. The van der Waals surface area contributed by atoms with E-state index in [2.05, 4.69) is 36.4 Å². The lowest BCUT2D eigenvalue weighted by Gasteiger charge is -2.11. The molecular formula is C26H19BrClF3N6O. The van der Waals surface area contributed by atoms with E-state index in [1.165, 1.54) is 6.07 Å². The highest BCUT2D eigenvalue weighted by molar-refractivity contribution is 9.10. The highest BCUT2D eigenvalue weighted by Gasteiger charge is 2.35. The Kier molecular flexibility index (Phi) is 6.74. The lowest BCUT2D eigenvalue weighted by molar-refractivity contribution is -0.142. The van der Waals surface area contributed by atoms with Crippen LogP contribution in [-0.2, 0) is 12.7 Å². The zero-order valence-corrected chi connectivity index (χ0v) is 22.4. The van der Waals surface area contributed by atoms with E-state index in [1.54, 1.807) is 29.1 Å². The SMILES string of the molecule is Cc1ccc(-c2cc(C(F)(F)F)n3nc(C(=O)Nc4nn(Cc5ccccc5Cl)cc4Br)cc3n2)cc1C. The maximum Gasteiger partial charge on any atom is 0.433 e. The van der Waals surface area contributed by atoms with Crippen LogP contribution < -0.4 is 5.32 Å². The number of hydrogen-bond donors (Lipinski definition) is 1. The highest BCUT2D eigenvalue weighted by atomic mass is 79.9.